The molecule has 0 aliphatic rings. The number of aliphatic hydroxyl groups excluding tert-OH is 2. The van der Waals surface area contributed by atoms with Crippen molar-refractivity contribution in [1.29, 1.82) is 5.41 Å². The lowest BCUT2D eigenvalue weighted by Crippen LogP contribution is -2.61. The number of aliphatic hydroxyl groups is 2. The van der Waals surface area contributed by atoms with Gasteiger partial charge >= 0.3 is 0 Å². The number of allylic oxidation sites excluding steroid dienone is 2. The van der Waals surface area contributed by atoms with E-state index < -0.39 is 65.9 Å². The van der Waals surface area contributed by atoms with E-state index >= 15 is 0 Å². The molecule has 15 nitrogen and oxygen atoms in total. The molecule has 6 atom stereocenters. The van der Waals surface area contributed by atoms with Gasteiger partial charge in [0.05, 0.1) is 12.7 Å². The third-order valence-electron chi connectivity index (χ3n) is 10.2. The molecule has 0 aromatic heterocycles. The highest BCUT2D eigenvalue weighted by molar-refractivity contribution is 5.96. The minimum atomic E-state index is -1.31. The summed E-state index contributed by atoms with van der Waals surface area (Å²) in [5, 5.41) is 43.5. The van der Waals surface area contributed by atoms with Crippen LogP contribution in [0.1, 0.15) is 143 Å². The smallest absolute Gasteiger partial charge is 0.245 e. The van der Waals surface area contributed by atoms with Crippen molar-refractivity contribution in [1.82, 2.24) is 31.9 Å². The summed E-state index contributed by atoms with van der Waals surface area (Å²) >= 11 is 0. The van der Waals surface area contributed by atoms with Crippen molar-refractivity contribution in [2.75, 3.05) is 13.2 Å². The van der Waals surface area contributed by atoms with Gasteiger partial charge in [-0.2, -0.15) is 0 Å². The Morgan fingerprint density at radius 3 is 1.80 bits per heavy atom. The first-order chi connectivity index (χ1) is 28.7. The lowest BCUT2D eigenvalue weighted by molar-refractivity contribution is -0.136. The van der Waals surface area contributed by atoms with Crippen molar-refractivity contribution in [3.8, 4) is 0 Å². The Balaban J connectivity index is 2.85. The Labute approximate surface area is 359 Å². The second-order valence-corrected chi connectivity index (χ2v) is 16.2. The molecular weight excluding hydrogens is 765 g/mol. The summed E-state index contributed by atoms with van der Waals surface area (Å²) in [7, 11) is 0. The van der Waals surface area contributed by atoms with Gasteiger partial charge in [-0.05, 0) is 70.3 Å². The van der Waals surface area contributed by atoms with Gasteiger partial charge in [-0.25, -0.2) is 0 Å². The normalized spacial score (nSPS) is 14.3. The van der Waals surface area contributed by atoms with Crippen molar-refractivity contribution in [3.05, 3.63) is 48.0 Å². The predicted molar refractivity (Wildman–Crippen MR) is 238 cm³/mol. The van der Waals surface area contributed by atoms with Crippen LogP contribution >= 0.6 is 0 Å². The minimum absolute atomic E-state index is 0.0627. The number of carbonyl (C=O) groups excluding carboxylic acids is 5. The fraction of sp³-hybridized carbons (Fsp3) is 0.689. The molecule has 1 aromatic carbocycles. The number of rotatable bonds is 33. The lowest BCUT2D eigenvalue weighted by Gasteiger charge is -2.29. The zero-order chi connectivity index (χ0) is 44.7. The number of benzene rings is 1. The monoisotopic (exact) mass is 843 g/mol. The number of guanidine groups is 1. The Bertz CT molecular complexity index is 1430. The van der Waals surface area contributed by atoms with Gasteiger partial charge in [-0.3, -0.25) is 29.4 Å². The molecule has 11 N–H and O–H groups in total. The summed E-state index contributed by atoms with van der Waals surface area (Å²) < 4.78 is 0. The van der Waals surface area contributed by atoms with E-state index in [9.17, 15) is 34.2 Å². The highest BCUT2D eigenvalue weighted by atomic mass is 16.3. The summed E-state index contributed by atoms with van der Waals surface area (Å²) in [5.74, 6) is -3.66. The number of carbonyl (C=O) groups is 5. The van der Waals surface area contributed by atoms with Gasteiger partial charge in [-0.15, -0.1) is 0 Å². The molecule has 0 aliphatic heterocycles. The Kier molecular flexibility index (Phi) is 28.8. The van der Waals surface area contributed by atoms with Crippen LogP contribution < -0.4 is 37.6 Å². The number of nitrogens with two attached hydrogens (primary N) is 1. The quantitative estimate of drug-likeness (QED) is 0.0212. The van der Waals surface area contributed by atoms with E-state index in [0.29, 0.717) is 12.8 Å². The highest BCUT2D eigenvalue weighted by Crippen LogP contribution is 2.12. The topological polar surface area (TPSA) is 248 Å². The maximum atomic E-state index is 13.9. The molecule has 0 saturated heterocycles. The fourth-order valence-corrected chi connectivity index (χ4v) is 6.57. The molecule has 15 heteroatoms. The standard InChI is InChI=1S/C45H78N8O7/c1-6-7-8-9-10-11-12-13-14-15-16-17-18-19-23-28-38(56)52-40(34(5)55)44(60)53-39(32(2)3)43(59)51-37(30-35-25-21-20-22-26-35)42(58)50-36(27-24-29-48-45(46)47)41(57)49-33(4)31-54/h13-14,20-22,25-26,32-34,36-37,39-40,54-55H,6-12,15-19,23-24,27-31H2,1-5H3,(H,49,57)(H,50,58)(H,51,59)(H,52,56)(H,53,60)(H4,46,47,48)/b14-13-/t33-,34-,36+,37+,39+,40+/m1/s1. The lowest BCUT2D eigenvalue weighted by atomic mass is 9.99. The molecule has 5 amide bonds. The van der Waals surface area contributed by atoms with Crippen LogP contribution in [0.15, 0.2) is 42.5 Å². The molecule has 0 spiro atoms. The first-order valence-electron chi connectivity index (χ1n) is 22.3. The zero-order valence-electron chi connectivity index (χ0n) is 37.0. The summed E-state index contributed by atoms with van der Waals surface area (Å²) in [6, 6.07) is 3.74. The van der Waals surface area contributed by atoms with E-state index in [1.807, 2.05) is 6.07 Å². The largest absolute Gasteiger partial charge is 0.394 e. The average molecular weight is 843 g/mol. The maximum Gasteiger partial charge on any atom is 0.245 e. The second-order valence-electron chi connectivity index (χ2n) is 16.2. The van der Waals surface area contributed by atoms with Crippen LogP contribution in [0.25, 0.3) is 0 Å². The number of hydrogen-bond acceptors (Lipinski definition) is 8. The van der Waals surface area contributed by atoms with Gasteiger partial charge in [0.15, 0.2) is 5.96 Å². The fourth-order valence-electron chi connectivity index (χ4n) is 6.57. The number of nitrogens with one attached hydrogen (secondary N) is 7. The molecule has 1 aromatic rings. The van der Waals surface area contributed by atoms with Gasteiger partial charge in [0.2, 0.25) is 29.5 Å². The molecule has 0 fully saturated rings. The summed E-state index contributed by atoms with van der Waals surface area (Å²) in [6.07, 6.45) is 18.8. The van der Waals surface area contributed by atoms with Crippen LogP contribution in [-0.4, -0.2) is 95.2 Å². The first kappa shape index (κ1) is 53.5. The maximum absolute atomic E-state index is 13.9. The van der Waals surface area contributed by atoms with Gasteiger partial charge < -0.3 is 47.8 Å². The average Bonchev–Trinajstić information content (AvgIpc) is 3.20. The third-order valence-corrected chi connectivity index (χ3v) is 10.2. The van der Waals surface area contributed by atoms with Gasteiger partial charge in [0.25, 0.3) is 0 Å². The van der Waals surface area contributed by atoms with E-state index in [0.717, 1.165) is 44.1 Å². The molecule has 0 radical (unpaired) electrons. The summed E-state index contributed by atoms with van der Waals surface area (Å²) in [4.78, 5) is 67.3. The van der Waals surface area contributed by atoms with Crippen molar-refractivity contribution in [2.45, 2.75) is 180 Å². The van der Waals surface area contributed by atoms with E-state index in [4.69, 9.17) is 11.1 Å². The van der Waals surface area contributed by atoms with Crippen molar-refractivity contribution >= 4 is 35.5 Å². The van der Waals surface area contributed by atoms with Crippen LogP contribution in [0.5, 0.6) is 0 Å². The van der Waals surface area contributed by atoms with Crippen molar-refractivity contribution in [2.24, 2.45) is 11.7 Å². The van der Waals surface area contributed by atoms with Crippen LogP contribution in [0.2, 0.25) is 0 Å². The molecule has 0 saturated carbocycles. The van der Waals surface area contributed by atoms with Gasteiger partial charge in [0, 0.05) is 25.4 Å². The Hall–Kier alpha value is -4.50. The highest BCUT2D eigenvalue weighted by Gasteiger charge is 2.34. The SMILES string of the molecule is CCCCCCCC/C=C\CCCCCCCC(=O)N[C@H](C(=O)N[C@H](C(=O)N[C@@H](Cc1ccccc1)C(=O)N[C@@H](CCCNC(=N)N)C(=O)N[C@H](C)CO)C(C)C)[C@@H](C)O. The zero-order valence-corrected chi connectivity index (χ0v) is 37.0. The molecule has 340 valence electrons. The molecule has 1 rings (SSSR count). The van der Waals surface area contributed by atoms with Crippen LogP contribution in [0.3, 0.4) is 0 Å². The van der Waals surface area contributed by atoms with E-state index in [-0.39, 0.29) is 44.3 Å². The molecular formula is C45H78N8O7. The minimum Gasteiger partial charge on any atom is -0.394 e. The number of unbranched alkanes of at least 4 members (excludes halogenated alkanes) is 11. The Morgan fingerprint density at radius 2 is 1.23 bits per heavy atom. The summed E-state index contributed by atoms with van der Waals surface area (Å²) in [5.41, 5.74) is 6.11. The predicted octanol–water partition coefficient (Wildman–Crippen LogP) is 4.00. The van der Waals surface area contributed by atoms with Crippen LogP contribution in [-0.2, 0) is 30.4 Å². The van der Waals surface area contributed by atoms with Crippen molar-refractivity contribution < 1.29 is 34.2 Å². The number of amides is 5. The van der Waals surface area contributed by atoms with Crippen molar-refractivity contribution in [3.63, 3.8) is 0 Å². The van der Waals surface area contributed by atoms with E-state index in [2.05, 4.69) is 51.0 Å². The van der Waals surface area contributed by atoms with Crippen LogP contribution in [0, 0.1) is 11.3 Å². The molecule has 0 aliphatic carbocycles. The van der Waals surface area contributed by atoms with Gasteiger partial charge in [-0.1, -0.05) is 115 Å². The summed E-state index contributed by atoms with van der Waals surface area (Å²) in [6.45, 7) is 8.63. The second kappa shape index (κ2) is 32.3. The molecule has 60 heavy (non-hydrogen) atoms. The van der Waals surface area contributed by atoms with E-state index in [1.54, 1.807) is 45.0 Å². The molecule has 0 unspecified atom stereocenters. The molecule has 0 bridgehead atoms. The first-order valence-corrected chi connectivity index (χ1v) is 22.3. The van der Waals surface area contributed by atoms with Gasteiger partial charge in [0.1, 0.15) is 24.2 Å². The number of hydrogen-bond donors (Lipinski definition) is 10. The van der Waals surface area contributed by atoms with Crippen LogP contribution in [0.4, 0.5) is 0 Å². The molecule has 0 heterocycles. The Morgan fingerprint density at radius 1 is 0.683 bits per heavy atom. The third kappa shape index (κ3) is 24.6. The van der Waals surface area contributed by atoms with E-state index in [1.165, 1.54) is 45.4 Å².